The fraction of sp³-hybridized carbons (Fsp3) is 0.182. The molecule has 1 aromatic carbocycles. The Bertz CT molecular complexity index is 404. The molecular formula is C11H8BrN. The Morgan fingerprint density at radius 3 is 2.92 bits per heavy atom. The maximum Gasteiger partial charge on any atom is 0.0966 e. The van der Waals surface area contributed by atoms with Crippen LogP contribution in [0.15, 0.2) is 22.7 Å². The van der Waals surface area contributed by atoms with Crippen LogP contribution in [0.1, 0.15) is 17.5 Å². The average Bonchev–Trinajstić information content (AvgIpc) is 2.11. The van der Waals surface area contributed by atoms with Gasteiger partial charge in [-0.15, -0.1) is 0 Å². The van der Waals surface area contributed by atoms with Crippen molar-refractivity contribution in [1.82, 2.24) is 0 Å². The van der Waals surface area contributed by atoms with Crippen molar-refractivity contribution in [2.45, 2.75) is 13.3 Å². The fourth-order valence-corrected chi connectivity index (χ4v) is 1.27. The van der Waals surface area contributed by atoms with E-state index in [0.717, 1.165) is 15.6 Å². The molecule has 0 atom stereocenters. The summed E-state index contributed by atoms with van der Waals surface area (Å²) in [6, 6.07) is 7.92. The van der Waals surface area contributed by atoms with Gasteiger partial charge in [0.15, 0.2) is 0 Å². The van der Waals surface area contributed by atoms with Gasteiger partial charge in [-0.25, -0.2) is 0 Å². The molecule has 0 fully saturated rings. The Morgan fingerprint density at radius 1 is 1.46 bits per heavy atom. The molecule has 0 saturated heterocycles. The molecule has 0 aliphatic carbocycles. The molecule has 2 heteroatoms. The zero-order chi connectivity index (χ0) is 9.68. The van der Waals surface area contributed by atoms with Crippen molar-refractivity contribution >= 4 is 15.9 Å². The fourth-order valence-electron chi connectivity index (χ4n) is 0.908. The monoisotopic (exact) mass is 233 g/mol. The topological polar surface area (TPSA) is 23.8 Å². The van der Waals surface area contributed by atoms with Crippen LogP contribution in [0.4, 0.5) is 0 Å². The molecule has 0 spiro atoms. The van der Waals surface area contributed by atoms with E-state index in [4.69, 9.17) is 5.26 Å². The molecular weight excluding hydrogens is 226 g/mol. The first-order valence-corrected chi connectivity index (χ1v) is 4.65. The SMILES string of the molecule is Cc1ccc(Br)cc1C#CCC#N. The van der Waals surface area contributed by atoms with Gasteiger partial charge in [0.1, 0.15) is 0 Å². The number of rotatable bonds is 0. The maximum atomic E-state index is 8.31. The Labute approximate surface area is 86.5 Å². The Kier molecular flexibility index (Phi) is 3.55. The van der Waals surface area contributed by atoms with Gasteiger partial charge in [-0.3, -0.25) is 0 Å². The van der Waals surface area contributed by atoms with Gasteiger partial charge in [-0.2, -0.15) is 5.26 Å². The van der Waals surface area contributed by atoms with Gasteiger partial charge in [0.25, 0.3) is 0 Å². The van der Waals surface area contributed by atoms with Gasteiger partial charge in [0.05, 0.1) is 12.5 Å². The molecule has 0 radical (unpaired) electrons. The Balaban J connectivity index is 2.97. The van der Waals surface area contributed by atoms with Crippen molar-refractivity contribution in [3.05, 3.63) is 33.8 Å². The maximum absolute atomic E-state index is 8.31. The van der Waals surface area contributed by atoms with Crippen molar-refractivity contribution in [2.75, 3.05) is 0 Å². The number of halogens is 1. The zero-order valence-electron chi connectivity index (χ0n) is 7.26. The summed E-state index contributed by atoms with van der Waals surface area (Å²) in [5.74, 6) is 5.74. The van der Waals surface area contributed by atoms with Crippen molar-refractivity contribution < 1.29 is 0 Å². The van der Waals surface area contributed by atoms with Crippen LogP contribution in [0.5, 0.6) is 0 Å². The molecule has 0 aliphatic rings. The highest BCUT2D eigenvalue weighted by Crippen LogP contribution is 2.14. The molecule has 0 saturated carbocycles. The minimum atomic E-state index is 0.284. The third-order valence-corrected chi connectivity index (χ3v) is 2.08. The summed E-state index contributed by atoms with van der Waals surface area (Å²) in [5.41, 5.74) is 2.11. The average molecular weight is 234 g/mol. The van der Waals surface area contributed by atoms with E-state index >= 15 is 0 Å². The van der Waals surface area contributed by atoms with E-state index < -0.39 is 0 Å². The Morgan fingerprint density at radius 2 is 2.23 bits per heavy atom. The minimum absolute atomic E-state index is 0.284. The largest absolute Gasteiger partial charge is 0.197 e. The summed E-state index contributed by atoms with van der Waals surface area (Å²) >= 11 is 3.37. The van der Waals surface area contributed by atoms with Crippen LogP contribution < -0.4 is 0 Å². The summed E-state index contributed by atoms with van der Waals surface area (Å²) in [6.45, 7) is 2.00. The summed E-state index contributed by atoms with van der Waals surface area (Å²) in [6.07, 6.45) is 0.284. The van der Waals surface area contributed by atoms with Crippen molar-refractivity contribution in [3.63, 3.8) is 0 Å². The first-order chi connectivity index (χ1) is 6.24. The Hall–Kier alpha value is -1.25. The predicted octanol–water partition coefficient (Wildman–Crippen LogP) is 3.02. The lowest BCUT2D eigenvalue weighted by molar-refractivity contribution is 1.38. The second-order valence-corrected chi connectivity index (χ2v) is 3.51. The molecule has 0 bridgehead atoms. The van der Waals surface area contributed by atoms with E-state index in [2.05, 4.69) is 27.8 Å². The summed E-state index contributed by atoms with van der Waals surface area (Å²) in [7, 11) is 0. The van der Waals surface area contributed by atoms with Gasteiger partial charge in [-0.05, 0) is 24.6 Å². The number of aryl methyl sites for hydroxylation is 1. The third kappa shape index (κ3) is 2.93. The molecule has 0 N–H and O–H groups in total. The molecule has 0 aromatic heterocycles. The molecule has 13 heavy (non-hydrogen) atoms. The first-order valence-electron chi connectivity index (χ1n) is 3.86. The zero-order valence-corrected chi connectivity index (χ0v) is 8.85. The van der Waals surface area contributed by atoms with Crippen LogP contribution >= 0.6 is 15.9 Å². The smallest absolute Gasteiger partial charge is 0.0966 e. The lowest BCUT2D eigenvalue weighted by atomic mass is 10.1. The number of hydrogen-bond acceptors (Lipinski definition) is 1. The van der Waals surface area contributed by atoms with Crippen molar-refractivity contribution in [2.24, 2.45) is 0 Å². The summed E-state index contributed by atoms with van der Waals surface area (Å²) in [5, 5.41) is 8.31. The normalized spacial score (nSPS) is 8.38. The second-order valence-electron chi connectivity index (χ2n) is 2.60. The van der Waals surface area contributed by atoms with Crippen LogP contribution in [-0.4, -0.2) is 0 Å². The molecule has 0 heterocycles. The van der Waals surface area contributed by atoms with E-state index in [9.17, 15) is 0 Å². The molecule has 1 aromatic rings. The van der Waals surface area contributed by atoms with Gasteiger partial charge in [0.2, 0.25) is 0 Å². The lowest BCUT2D eigenvalue weighted by Gasteiger charge is -1.97. The predicted molar refractivity (Wildman–Crippen MR) is 56.0 cm³/mol. The van der Waals surface area contributed by atoms with Crippen LogP contribution in [0.25, 0.3) is 0 Å². The number of nitrogens with zero attached hydrogens (tertiary/aromatic N) is 1. The van der Waals surface area contributed by atoms with Gasteiger partial charge < -0.3 is 0 Å². The standard InChI is InChI=1S/C11H8BrN/c1-9-5-6-11(12)8-10(9)4-2-3-7-13/h5-6,8H,3H2,1H3. The lowest BCUT2D eigenvalue weighted by Crippen LogP contribution is -1.81. The highest BCUT2D eigenvalue weighted by atomic mass is 79.9. The molecule has 64 valence electrons. The van der Waals surface area contributed by atoms with E-state index in [1.165, 1.54) is 0 Å². The van der Waals surface area contributed by atoms with Gasteiger partial charge in [0, 0.05) is 10.0 Å². The highest BCUT2D eigenvalue weighted by Gasteiger charge is 1.94. The number of hydrogen-bond donors (Lipinski definition) is 0. The second kappa shape index (κ2) is 4.70. The quantitative estimate of drug-likeness (QED) is 0.633. The van der Waals surface area contributed by atoms with Crippen molar-refractivity contribution in [3.8, 4) is 17.9 Å². The summed E-state index contributed by atoms with van der Waals surface area (Å²) in [4.78, 5) is 0. The molecule has 1 rings (SSSR count). The van der Waals surface area contributed by atoms with Crippen LogP contribution in [0, 0.1) is 30.1 Å². The minimum Gasteiger partial charge on any atom is -0.197 e. The van der Waals surface area contributed by atoms with Crippen LogP contribution in [0.2, 0.25) is 0 Å². The van der Waals surface area contributed by atoms with Gasteiger partial charge in [-0.1, -0.05) is 33.8 Å². The highest BCUT2D eigenvalue weighted by molar-refractivity contribution is 9.10. The van der Waals surface area contributed by atoms with Crippen molar-refractivity contribution in [1.29, 1.82) is 5.26 Å². The van der Waals surface area contributed by atoms with E-state index in [-0.39, 0.29) is 6.42 Å². The number of benzene rings is 1. The van der Waals surface area contributed by atoms with Gasteiger partial charge >= 0.3 is 0 Å². The van der Waals surface area contributed by atoms with E-state index in [1.54, 1.807) is 0 Å². The van der Waals surface area contributed by atoms with E-state index in [1.807, 2.05) is 31.2 Å². The molecule has 0 amide bonds. The first kappa shape index (κ1) is 9.84. The van der Waals surface area contributed by atoms with Crippen LogP contribution in [0.3, 0.4) is 0 Å². The van der Waals surface area contributed by atoms with E-state index in [0.29, 0.717) is 0 Å². The molecule has 0 unspecified atom stereocenters. The van der Waals surface area contributed by atoms with Crippen LogP contribution in [-0.2, 0) is 0 Å². The molecule has 1 nitrogen and oxygen atoms in total. The molecule has 0 aliphatic heterocycles. The number of nitriles is 1. The summed E-state index contributed by atoms with van der Waals surface area (Å²) < 4.78 is 1.01. The third-order valence-electron chi connectivity index (χ3n) is 1.59.